The van der Waals surface area contributed by atoms with Gasteiger partial charge in [-0.2, -0.15) is 0 Å². The van der Waals surface area contributed by atoms with Crippen LogP contribution in [0, 0.1) is 0 Å². The van der Waals surface area contributed by atoms with E-state index in [9.17, 15) is 0 Å². The van der Waals surface area contributed by atoms with Crippen molar-refractivity contribution in [2.45, 2.75) is 38.0 Å². The van der Waals surface area contributed by atoms with Crippen LogP contribution < -0.4 is 0 Å². The highest BCUT2D eigenvalue weighted by Gasteiger charge is 2.14. The Bertz CT molecular complexity index is 219. The molecular weight excluding hydrogens is 156 g/mol. The van der Waals surface area contributed by atoms with Crippen molar-refractivity contribution in [2.75, 3.05) is 0 Å². The number of hydrogen-bond acceptors (Lipinski definition) is 0. The van der Waals surface area contributed by atoms with Crippen molar-refractivity contribution in [3.63, 3.8) is 0 Å². The first kappa shape index (κ1) is 7.85. The van der Waals surface area contributed by atoms with Crippen LogP contribution in [0.3, 0.4) is 0 Å². The predicted molar refractivity (Wildman–Crippen MR) is 52.3 cm³/mol. The van der Waals surface area contributed by atoms with Crippen molar-refractivity contribution in [2.24, 2.45) is 0 Å². The van der Waals surface area contributed by atoms with Crippen LogP contribution in [-0.2, 0) is 0 Å². The third-order valence-corrected chi connectivity index (χ3v) is 2.88. The SMILES string of the molecule is [13cH]1[13cH][13cH][13c]([13CH]2[13CH2][13CH2][13CH2][13CH2][13CH2]2)[13cH][13cH]1. The van der Waals surface area contributed by atoms with E-state index in [1.807, 2.05) is 0 Å². The molecule has 0 radical (unpaired) electrons. The van der Waals surface area contributed by atoms with Gasteiger partial charge in [0.25, 0.3) is 0 Å². The normalized spacial score (nSPS) is 19.3. The molecule has 64 valence electrons. The molecular formula is C12H16. The molecule has 0 aromatic heterocycles. The standard InChI is InChI=1S/C12H16/c1-3-7-11(8-4-1)12-9-5-2-6-10-12/h1,3-4,7-8,12H,2,5-6,9-10H2/i1+1,2+1,3+1,4+1,5+1,6+1,7+1,8+1,9+1,10+1,11+1,12+1. The fourth-order valence-electron chi connectivity index (χ4n) is 2.16. The van der Waals surface area contributed by atoms with Gasteiger partial charge in [0.1, 0.15) is 0 Å². The third-order valence-electron chi connectivity index (χ3n) is 2.88. The fourth-order valence-corrected chi connectivity index (χ4v) is 2.16. The predicted octanol–water partition coefficient (Wildman–Crippen LogP) is 3.73. The average molecular weight is 172 g/mol. The van der Waals surface area contributed by atoms with Crippen molar-refractivity contribution < 1.29 is 0 Å². The molecule has 1 aromatic carbocycles. The second kappa shape index (κ2) is 3.75. The molecule has 0 aliphatic heterocycles. The summed E-state index contributed by atoms with van der Waals surface area (Å²) in [5, 5.41) is 0. The van der Waals surface area contributed by atoms with Crippen molar-refractivity contribution in [3.8, 4) is 0 Å². The highest BCUT2D eigenvalue weighted by Crippen LogP contribution is 2.31. The third kappa shape index (κ3) is 1.69. The topological polar surface area (TPSA) is 0 Å². The van der Waals surface area contributed by atoms with E-state index >= 15 is 0 Å². The summed E-state index contributed by atoms with van der Waals surface area (Å²) in [6.45, 7) is 0. The van der Waals surface area contributed by atoms with Crippen LogP contribution in [0.25, 0.3) is 0 Å². The van der Waals surface area contributed by atoms with Crippen molar-refractivity contribution in [3.05, 3.63) is 35.9 Å². The Hall–Kier alpha value is -0.780. The minimum absolute atomic E-state index is 0.861. The van der Waals surface area contributed by atoms with Crippen LogP contribution in [0.5, 0.6) is 0 Å². The van der Waals surface area contributed by atoms with Crippen LogP contribution in [0.2, 0.25) is 0 Å². The van der Waals surface area contributed by atoms with Gasteiger partial charge in [-0.3, -0.25) is 0 Å². The zero-order valence-electron chi connectivity index (χ0n) is 7.50. The molecule has 0 atom stereocenters. The van der Waals surface area contributed by atoms with Crippen LogP contribution in [0.4, 0.5) is 0 Å². The molecule has 1 saturated carbocycles. The van der Waals surface area contributed by atoms with Crippen molar-refractivity contribution in [1.82, 2.24) is 0 Å². The van der Waals surface area contributed by atoms with E-state index in [0.29, 0.717) is 0 Å². The molecule has 2 rings (SSSR count). The second-order valence-corrected chi connectivity index (χ2v) is 3.75. The van der Waals surface area contributed by atoms with Gasteiger partial charge in [-0.1, -0.05) is 49.6 Å². The van der Waals surface area contributed by atoms with Gasteiger partial charge in [0.15, 0.2) is 0 Å². The summed E-state index contributed by atoms with van der Waals surface area (Å²) in [4.78, 5) is 0. The van der Waals surface area contributed by atoms with Crippen LogP contribution >= 0.6 is 0 Å². The summed E-state index contributed by atoms with van der Waals surface area (Å²) in [7, 11) is 0. The maximum Gasteiger partial charge on any atom is -0.0162 e. The summed E-state index contributed by atoms with van der Waals surface area (Å²) in [5.74, 6) is 0.861. The average Bonchev–Trinajstić information content (AvgIpc) is 2.21. The largest absolute Gasteiger partial charge is 0.0622 e. The van der Waals surface area contributed by atoms with E-state index < -0.39 is 0 Å². The van der Waals surface area contributed by atoms with Gasteiger partial charge < -0.3 is 0 Å². The zero-order chi connectivity index (χ0) is 8.23. The molecule has 1 aliphatic rings. The van der Waals surface area contributed by atoms with Crippen LogP contribution in [0.15, 0.2) is 30.3 Å². The van der Waals surface area contributed by atoms with Crippen molar-refractivity contribution >= 4 is 0 Å². The van der Waals surface area contributed by atoms with Crippen LogP contribution in [-0.4, -0.2) is 0 Å². The lowest BCUT2D eigenvalue weighted by atomic mass is 10.8. The van der Waals surface area contributed by atoms with Gasteiger partial charge in [0, 0.05) is 0 Å². The lowest BCUT2D eigenvalue weighted by molar-refractivity contribution is 0.443. The highest BCUT2D eigenvalue weighted by molar-refractivity contribution is 5.19. The monoisotopic (exact) mass is 172 g/mol. The maximum atomic E-state index is 2.27. The van der Waals surface area contributed by atoms with Crippen LogP contribution in [0.1, 0.15) is 43.6 Å². The first-order valence-corrected chi connectivity index (χ1v) is 5.02. The molecule has 0 nitrogen and oxygen atoms in total. The van der Waals surface area contributed by atoms with Gasteiger partial charge in [-0.25, -0.2) is 0 Å². The number of rotatable bonds is 1. The Labute approximate surface area is 74.6 Å². The van der Waals surface area contributed by atoms with E-state index in [1.54, 1.807) is 5.56 Å². The van der Waals surface area contributed by atoms with Gasteiger partial charge in [-0.05, 0) is 24.3 Å². The maximum absolute atomic E-state index is 2.27. The van der Waals surface area contributed by atoms with Gasteiger partial charge in [0.05, 0.1) is 0 Å². The summed E-state index contributed by atoms with van der Waals surface area (Å²) in [6.07, 6.45) is 7.12. The molecule has 0 heterocycles. The minimum Gasteiger partial charge on any atom is -0.0622 e. The first-order chi connectivity index (χ1) is 5.97. The Morgan fingerprint density at radius 3 is 2.17 bits per heavy atom. The molecule has 0 spiro atoms. The number of hydrogen-bond donors (Lipinski definition) is 0. The molecule has 12 heavy (non-hydrogen) atoms. The molecule has 0 unspecified atom stereocenters. The van der Waals surface area contributed by atoms with E-state index in [-0.39, 0.29) is 0 Å². The fraction of sp³-hybridized carbons (Fsp3) is 0.500. The molecule has 1 aromatic rings. The Morgan fingerprint density at radius 2 is 1.50 bits per heavy atom. The molecule has 0 N–H and O–H groups in total. The minimum atomic E-state index is 0.861. The smallest absolute Gasteiger partial charge is 0.0162 e. The quantitative estimate of drug-likeness (QED) is 0.566. The Kier molecular flexibility index (Phi) is 2.45. The van der Waals surface area contributed by atoms with Gasteiger partial charge >= 0.3 is 0 Å². The van der Waals surface area contributed by atoms with E-state index in [2.05, 4.69) is 30.3 Å². The molecule has 0 saturated heterocycles. The second-order valence-electron chi connectivity index (χ2n) is 3.75. The Balaban J connectivity index is 2.08. The number of benzene rings is 1. The Morgan fingerprint density at radius 1 is 0.833 bits per heavy atom. The zero-order valence-corrected chi connectivity index (χ0v) is 7.50. The lowest BCUT2D eigenvalue weighted by Gasteiger charge is -2.21. The van der Waals surface area contributed by atoms with Gasteiger partial charge in [-0.15, -0.1) is 0 Å². The summed E-state index contributed by atoms with van der Waals surface area (Å²) >= 11 is 0. The summed E-state index contributed by atoms with van der Waals surface area (Å²) in [5.41, 5.74) is 1.55. The molecule has 0 heteroatoms. The summed E-state index contributed by atoms with van der Waals surface area (Å²) < 4.78 is 0. The van der Waals surface area contributed by atoms with E-state index in [0.717, 1.165) is 5.92 Å². The molecule has 0 amide bonds. The van der Waals surface area contributed by atoms with E-state index in [4.69, 9.17) is 0 Å². The van der Waals surface area contributed by atoms with Crippen molar-refractivity contribution in [1.29, 1.82) is 0 Å². The highest BCUT2D eigenvalue weighted by atomic mass is 15.2. The van der Waals surface area contributed by atoms with E-state index in [1.165, 1.54) is 32.1 Å². The first-order valence-electron chi connectivity index (χ1n) is 5.02. The molecule has 0 bridgehead atoms. The lowest BCUT2D eigenvalue weighted by Crippen LogP contribution is -2.03. The van der Waals surface area contributed by atoms with Gasteiger partial charge in [0.2, 0.25) is 0 Å². The summed E-state index contributed by atoms with van der Waals surface area (Å²) in [6, 6.07) is 11.0. The molecule has 1 fully saturated rings. The molecule has 1 aliphatic carbocycles.